The van der Waals surface area contributed by atoms with Crippen LogP contribution < -0.4 is 5.43 Å². The summed E-state index contributed by atoms with van der Waals surface area (Å²) in [5.41, 5.74) is 1.93. The normalized spacial score (nSPS) is 11.6. The molecule has 18 heavy (non-hydrogen) atoms. The monoisotopic (exact) mass is 272 g/mol. The van der Waals surface area contributed by atoms with Crippen LogP contribution in [0.25, 0.3) is 0 Å². The number of benzene rings is 1. The second-order valence-electron chi connectivity index (χ2n) is 4.51. The maximum absolute atomic E-state index is 13.1. The van der Waals surface area contributed by atoms with Crippen LogP contribution in [0.3, 0.4) is 0 Å². The third-order valence-corrected chi connectivity index (χ3v) is 2.14. The van der Waals surface area contributed by atoms with Gasteiger partial charge in [0, 0.05) is 5.56 Å². The Labute approximate surface area is 110 Å². The van der Waals surface area contributed by atoms with Crippen LogP contribution in [0.2, 0.25) is 5.02 Å². The molecule has 0 aliphatic carbocycles. The molecule has 0 unspecified atom stereocenters. The van der Waals surface area contributed by atoms with Gasteiger partial charge < -0.3 is 4.74 Å². The highest BCUT2D eigenvalue weighted by atomic mass is 35.5. The molecule has 0 spiro atoms. The molecular weight excluding hydrogens is 259 g/mol. The second kappa shape index (κ2) is 5.82. The van der Waals surface area contributed by atoms with Crippen LogP contribution in [0, 0.1) is 5.82 Å². The summed E-state index contributed by atoms with van der Waals surface area (Å²) in [6.07, 6.45) is 0.557. The van der Waals surface area contributed by atoms with E-state index in [1.807, 2.05) is 0 Å². The maximum atomic E-state index is 13.1. The summed E-state index contributed by atoms with van der Waals surface area (Å²) in [5.74, 6) is -0.544. The summed E-state index contributed by atoms with van der Waals surface area (Å²) in [4.78, 5) is 11.2. The van der Waals surface area contributed by atoms with Crippen LogP contribution in [-0.4, -0.2) is 17.9 Å². The number of carbonyl (C=O) groups excluding carboxylic acids is 1. The zero-order valence-electron chi connectivity index (χ0n) is 10.3. The summed E-state index contributed by atoms with van der Waals surface area (Å²) in [7, 11) is 0. The molecule has 0 radical (unpaired) electrons. The molecule has 0 atom stereocenters. The predicted octanol–water partition coefficient (Wildman–Crippen LogP) is 3.34. The van der Waals surface area contributed by atoms with Gasteiger partial charge in [0.25, 0.3) is 0 Å². The summed E-state index contributed by atoms with van der Waals surface area (Å²) >= 11 is 5.70. The summed E-state index contributed by atoms with van der Waals surface area (Å²) in [6, 6.07) is 4.31. The Balaban J connectivity index is 2.61. The average molecular weight is 273 g/mol. The molecule has 4 nitrogen and oxygen atoms in total. The van der Waals surface area contributed by atoms with E-state index in [9.17, 15) is 9.18 Å². The van der Waals surface area contributed by atoms with Crippen molar-refractivity contribution in [3.63, 3.8) is 0 Å². The first-order valence-corrected chi connectivity index (χ1v) is 5.63. The minimum Gasteiger partial charge on any atom is -0.443 e. The molecule has 1 aromatic rings. The molecule has 0 aromatic heterocycles. The van der Waals surface area contributed by atoms with Crippen molar-refractivity contribution in [1.82, 2.24) is 5.43 Å². The number of hydrazone groups is 1. The first-order valence-electron chi connectivity index (χ1n) is 5.25. The van der Waals surface area contributed by atoms with E-state index >= 15 is 0 Å². The van der Waals surface area contributed by atoms with Crippen molar-refractivity contribution in [2.24, 2.45) is 5.10 Å². The number of rotatable bonds is 2. The van der Waals surface area contributed by atoms with E-state index in [-0.39, 0.29) is 5.02 Å². The minimum absolute atomic E-state index is 0.0489. The molecule has 98 valence electrons. The lowest BCUT2D eigenvalue weighted by Crippen LogP contribution is -2.29. The average Bonchev–Trinajstić information content (AvgIpc) is 2.21. The first kappa shape index (κ1) is 14.4. The Morgan fingerprint density at radius 1 is 1.50 bits per heavy atom. The molecule has 1 amide bonds. The van der Waals surface area contributed by atoms with Gasteiger partial charge in [-0.25, -0.2) is 14.6 Å². The Morgan fingerprint density at radius 2 is 2.17 bits per heavy atom. The van der Waals surface area contributed by atoms with Gasteiger partial charge in [0.1, 0.15) is 11.4 Å². The van der Waals surface area contributed by atoms with Crippen molar-refractivity contribution < 1.29 is 13.9 Å². The molecule has 1 aromatic carbocycles. The second-order valence-corrected chi connectivity index (χ2v) is 4.89. The van der Waals surface area contributed by atoms with E-state index in [1.54, 1.807) is 26.8 Å². The van der Waals surface area contributed by atoms with Crippen molar-refractivity contribution in [2.75, 3.05) is 0 Å². The fraction of sp³-hybridized carbons (Fsp3) is 0.333. The smallest absolute Gasteiger partial charge is 0.428 e. The van der Waals surface area contributed by atoms with E-state index in [4.69, 9.17) is 16.3 Å². The van der Waals surface area contributed by atoms with Gasteiger partial charge in [-0.3, -0.25) is 0 Å². The SMILES string of the molecule is CC(C)(C)OC(=O)N/N=C/c1cccc(F)c1Cl. The molecule has 0 bridgehead atoms. The standard InChI is InChI=1S/C12H14ClFN2O2/c1-12(2,3)18-11(17)16-15-7-8-5-4-6-9(14)10(8)13/h4-7H,1-3H3,(H,16,17)/b15-7+. The number of amides is 1. The Morgan fingerprint density at radius 3 is 2.78 bits per heavy atom. The van der Waals surface area contributed by atoms with Crippen LogP contribution in [-0.2, 0) is 4.74 Å². The topological polar surface area (TPSA) is 50.7 Å². The van der Waals surface area contributed by atoms with Gasteiger partial charge in [-0.1, -0.05) is 23.7 Å². The van der Waals surface area contributed by atoms with Crippen LogP contribution >= 0.6 is 11.6 Å². The lowest BCUT2D eigenvalue weighted by molar-refractivity contribution is 0.0529. The number of ether oxygens (including phenoxy) is 1. The lowest BCUT2D eigenvalue weighted by Gasteiger charge is -2.18. The van der Waals surface area contributed by atoms with Gasteiger partial charge in [-0.05, 0) is 26.8 Å². The maximum Gasteiger partial charge on any atom is 0.428 e. The number of halogens is 2. The van der Waals surface area contributed by atoms with E-state index in [0.717, 1.165) is 0 Å². The molecule has 0 saturated heterocycles. The molecule has 0 heterocycles. The fourth-order valence-corrected chi connectivity index (χ4v) is 1.25. The highest BCUT2D eigenvalue weighted by molar-refractivity contribution is 6.33. The molecule has 0 saturated carbocycles. The van der Waals surface area contributed by atoms with Crippen molar-refractivity contribution in [1.29, 1.82) is 0 Å². The van der Waals surface area contributed by atoms with E-state index < -0.39 is 17.5 Å². The quantitative estimate of drug-likeness (QED) is 0.663. The van der Waals surface area contributed by atoms with Crippen molar-refractivity contribution >= 4 is 23.9 Å². The highest BCUT2D eigenvalue weighted by Crippen LogP contribution is 2.17. The van der Waals surface area contributed by atoms with Gasteiger partial charge in [-0.15, -0.1) is 0 Å². The van der Waals surface area contributed by atoms with Gasteiger partial charge >= 0.3 is 6.09 Å². The van der Waals surface area contributed by atoms with Crippen LogP contribution in [0.5, 0.6) is 0 Å². The van der Waals surface area contributed by atoms with Gasteiger partial charge in [-0.2, -0.15) is 5.10 Å². The molecule has 0 fully saturated rings. The number of hydrogen-bond acceptors (Lipinski definition) is 3. The molecule has 0 aliphatic rings. The predicted molar refractivity (Wildman–Crippen MR) is 68.4 cm³/mol. The van der Waals surface area contributed by atoms with Crippen LogP contribution in [0.1, 0.15) is 26.3 Å². The van der Waals surface area contributed by atoms with Gasteiger partial charge in [0.2, 0.25) is 0 Å². The van der Waals surface area contributed by atoms with E-state index in [1.165, 1.54) is 18.3 Å². The summed E-state index contributed by atoms with van der Waals surface area (Å²) < 4.78 is 18.0. The van der Waals surface area contributed by atoms with Gasteiger partial charge in [0.15, 0.2) is 0 Å². The third-order valence-electron chi connectivity index (χ3n) is 1.74. The van der Waals surface area contributed by atoms with Crippen LogP contribution in [0.4, 0.5) is 9.18 Å². The molecule has 1 N–H and O–H groups in total. The van der Waals surface area contributed by atoms with E-state index in [0.29, 0.717) is 5.56 Å². The molecular formula is C12H14ClFN2O2. The van der Waals surface area contributed by atoms with Crippen LogP contribution in [0.15, 0.2) is 23.3 Å². The lowest BCUT2D eigenvalue weighted by atomic mass is 10.2. The number of hydrogen-bond donors (Lipinski definition) is 1. The highest BCUT2D eigenvalue weighted by Gasteiger charge is 2.15. The zero-order chi connectivity index (χ0) is 13.8. The Kier molecular flexibility index (Phi) is 4.67. The van der Waals surface area contributed by atoms with Gasteiger partial charge in [0.05, 0.1) is 11.2 Å². The fourth-order valence-electron chi connectivity index (χ4n) is 1.08. The third kappa shape index (κ3) is 4.71. The minimum atomic E-state index is -0.689. The Bertz CT molecular complexity index is 470. The molecule has 6 heteroatoms. The number of nitrogens with one attached hydrogen (secondary N) is 1. The summed E-state index contributed by atoms with van der Waals surface area (Å²) in [5, 5.41) is 3.58. The largest absolute Gasteiger partial charge is 0.443 e. The van der Waals surface area contributed by atoms with Crippen molar-refractivity contribution in [2.45, 2.75) is 26.4 Å². The molecule has 1 rings (SSSR count). The number of carbonyl (C=O) groups is 1. The Hall–Kier alpha value is -1.62. The zero-order valence-corrected chi connectivity index (χ0v) is 11.1. The first-order chi connectivity index (χ1) is 8.29. The summed E-state index contributed by atoms with van der Waals surface area (Å²) in [6.45, 7) is 5.21. The van der Waals surface area contributed by atoms with Crippen molar-refractivity contribution in [3.05, 3.63) is 34.6 Å². The van der Waals surface area contributed by atoms with E-state index in [2.05, 4.69) is 10.5 Å². The van der Waals surface area contributed by atoms with Crippen molar-refractivity contribution in [3.8, 4) is 0 Å². The number of nitrogens with zero attached hydrogens (tertiary/aromatic N) is 1. The molecule has 0 aliphatic heterocycles.